The molecule has 1 aromatic carbocycles. The van der Waals surface area contributed by atoms with Gasteiger partial charge in [-0.05, 0) is 46.3 Å². The van der Waals surface area contributed by atoms with Crippen LogP contribution in [0.5, 0.6) is 0 Å². The number of hydrogen-bond donors (Lipinski definition) is 3. The molecule has 0 bridgehead atoms. The second-order valence-corrected chi connectivity index (χ2v) is 7.82. The number of aromatic nitrogens is 3. The Bertz CT molecular complexity index is 1150. The first-order valence-electron chi connectivity index (χ1n) is 8.90. The average Bonchev–Trinajstić information content (AvgIpc) is 3.27. The van der Waals surface area contributed by atoms with E-state index in [2.05, 4.69) is 48.0 Å². The Morgan fingerprint density at radius 2 is 2.23 bits per heavy atom. The molecule has 0 spiro atoms. The third kappa shape index (κ3) is 3.48. The number of aliphatic hydroxyl groups excluding tert-OH is 2. The molecule has 1 fully saturated rings. The number of azide groups is 1. The maximum absolute atomic E-state index is 12.6. The fraction of sp³-hybridized carbons (Fsp3) is 0.278. The van der Waals surface area contributed by atoms with E-state index in [1.54, 1.807) is 34.8 Å². The van der Waals surface area contributed by atoms with Crippen LogP contribution in [0, 0.1) is 3.57 Å². The van der Waals surface area contributed by atoms with Gasteiger partial charge < -0.3 is 20.3 Å². The molecule has 1 saturated heterocycles. The molecule has 4 rings (SSSR count). The zero-order chi connectivity index (χ0) is 21.3. The standard InChI is InChI=1S/C18H16IN7O4/c19-11-6-12(13-7-14(28)18(8-27,30-13)24-25-20)26-15(11)16(21-9-22-26)23-17(29)10-4-2-1-3-5-10/h1-6,9,13-14,27-28H,7-8H2,(H,21,22,23,29)/t13-,14+,18-/m1/s1. The number of anilines is 1. The van der Waals surface area contributed by atoms with E-state index in [0.717, 1.165) is 3.57 Å². The van der Waals surface area contributed by atoms with Gasteiger partial charge in [-0.15, -0.1) is 0 Å². The number of benzene rings is 1. The molecule has 0 aliphatic carbocycles. The summed E-state index contributed by atoms with van der Waals surface area (Å²) in [5.74, 6) is 0.00135. The van der Waals surface area contributed by atoms with Crippen LogP contribution in [0.2, 0.25) is 0 Å². The van der Waals surface area contributed by atoms with E-state index in [1.165, 1.54) is 6.33 Å². The van der Waals surface area contributed by atoms with E-state index < -0.39 is 24.5 Å². The smallest absolute Gasteiger partial charge is 0.256 e. The van der Waals surface area contributed by atoms with Crippen molar-refractivity contribution in [1.82, 2.24) is 14.6 Å². The number of ether oxygens (including phenoxy) is 1. The second-order valence-electron chi connectivity index (χ2n) is 6.66. The zero-order valence-corrected chi connectivity index (χ0v) is 17.5. The van der Waals surface area contributed by atoms with Crippen molar-refractivity contribution >= 4 is 39.8 Å². The second kappa shape index (κ2) is 8.16. The van der Waals surface area contributed by atoms with E-state index in [0.29, 0.717) is 22.6 Å². The number of halogens is 1. The maximum Gasteiger partial charge on any atom is 0.256 e. The average molecular weight is 521 g/mol. The minimum atomic E-state index is -1.76. The third-order valence-electron chi connectivity index (χ3n) is 4.88. The first kappa shape index (κ1) is 20.5. The highest BCUT2D eigenvalue weighted by atomic mass is 127. The van der Waals surface area contributed by atoms with Gasteiger partial charge in [0, 0.05) is 20.5 Å². The van der Waals surface area contributed by atoms with Gasteiger partial charge in [-0.25, -0.2) is 9.50 Å². The molecule has 0 unspecified atom stereocenters. The molecule has 1 aliphatic rings. The number of hydrogen-bond acceptors (Lipinski definition) is 7. The van der Waals surface area contributed by atoms with E-state index in [4.69, 9.17) is 10.3 Å². The largest absolute Gasteiger partial charge is 0.393 e. The highest BCUT2D eigenvalue weighted by Crippen LogP contribution is 2.42. The molecule has 30 heavy (non-hydrogen) atoms. The molecule has 1 aliphatic heterocycles. The van der Waals surface area contributed by atoms with Crippen molar-refractivity contribution in [2.75, 3.05) is 11.9 Å². The SMILES string of the molecule is [N-]=[N+]=N[C@]1(CO)O[C@@H](c2cc(I)c3c(NC(=O)c4ccccc4)ncnn23)C[C@@H]1O. The van der Waals surface area contributed by atoms with E-state index in [-0.39, 0.29) is 12.3 Å². The third-order valence-corrected chi connectivity index (χ3v) is 5.70. The summed E-state index contributed by atoms with van der Waals surface area (Å²) >= 11 is 2.09. The van der Waals surface area contributed by atoms with Crippen molar-refractivity contribution in [2.45, 2.75) is 24.4 Å². The Labute approximate surface area is 183 Å². The molecule has 3 heterocycles. The molecule has 154 valence electrons. The summed E-state index contributed by atoms with van der Waals surface area (Å²) in [6.07, 6.45) is -0.491. The van der Waals surface area contributed by atoms with E-state index >= 15 is 0 Å². The summed E-state index contributed by atoms with van der Waals surface area (Å²) in [5.41, 5.74) is 8.63. The van der Waals surface area contributed by atoms with Crippen molar-refractivity contribution in [3.63, 3.8) is 0 Å². The summed E-state index contributed by atoms with van der Waals surface area (Å²) in [4.78, 5) is 19.4. The summed E-state index contributed by atoms with van der Waals surface area (Å²) in [6, 6.07) is 10.5. The lowest BCUT2D eigenvalue weighted by molar-refractivity contribution is -0.108. The van der Waals surface area contributed by atoms with Crippen LogP contribution in [0.25, 0.3) is 16.0 Å². The van der Waals surface area contributed by atoms with Crippen molar-refractivity contribution in [2.24, 2.45) is 5.11 Å². The number of amides is 1. The lowest BCUT2D eigenvalue weighted by Crippen LogP contribution is -2.40. The minimum Gasteiger partial charge on any atom is -0.393 e. The Morgan fingerprint density at radius 1 is 1.47 bits per heavy atom. The van der Waals surface area contributed by atoms with Gasteiger partial charge in [-0.3, -0.25) is 4.79 Å². The molecular weight excluding hydrogens is 505 g/mol. The van der Waals surface area contributed by atoms with Gasteiger partial charge in [0.25, 0.3) is 5.91 Å². The summed E-state index contributed by atoms with van der Waals surface area (Å²) in [5, 5.41) is 30.5. The Kier molecular flexibility index (Phi) is 5.58. The van der Waals surface area contributed by atoms with Gasteiger partial charge in [0.15, 0.2) is 11.5 Å². The van der Waals surface area contributed by atoms with Gasteiger partial charge in [0.2, 0.25) is 0 Å². The molecular formula is C18H16IN7O4. The van der Waals surface area contributed by atoms with E-state index in [9.17, 15) is 15.0 Å². The summed E-state index contributed by atoms with van der Waals surface area (Å²) in [6.45, 7) is -0.664. The lowest BCUT2D eigenvalue weighted by atomic mass is 10.1. The van der Waals surface area contributed by atoms with Crippen LogP contribution in [0.3, 0.4) is 0 Å². The fourth-order valence-corrected chi connectivity index (χ4v) is 4.20. The minimum absolute atomic E-state index is 0.0947. The van der Waals surface area contributed by atoms with Gasteiger partial charge in [0.05, 0.1) is 18.4 Å². The van der Waals surface area contributed by atoms with Crippen LogP contribution in [-0.4, -0.2) is 49.2 Å². The molecule has 0 saturated carbocycles. The van der Waals surface area contributed by atoms with Crippen molar-refractivity contribution in [3.8, 4) is 0 Å². The van der Waals surface area contributed by atoms with Gasteiger partial charge in [-0.1, -0.05) is 23.3 Å². The van der Waals surface area contributed by atoms with Crippen LogP contribution in [0.4, 0.5) is 5.82 Å². The van der Waals surface area contributed by atoms with Crippen molar-refractivity contribution in [1.29, 1.82) is 0 Å². The van der Waals surface area contributed by atoms with Gasteiger partial charge in [-0.2, -0.15) is 5.10 Å². The molecule has 12 heteroatoms. The van der Waals surface area contributed by atoms with E-state index in [1.807, 2.05) is 6.07 Å². The molecule has 3 aromatic rings. The van der Waals surface area contributed by atoms with Crippen LogP contribution in [-0.2, 0) is 4.74 Å². The van der Waals surface area contributed by atoms with Gasteiger partial charge >= 0.3 is 0 Å². The van der Waals surface area contributed by atoms with Crippen LogP contribution in [0.1, 0.15) is 28.6 Å². The first-order valence-corrected chi connectivity index (χ1v) is 9.98. The summed E-state index contributed by atoms with van der Waals surface area (Å²) < 4.78 is 8.05. The molecule has 11 nitrogen and oxygen atoms in total. The highest BCUT2D eigenvalue weighted by molar-refractivity contribution is 14.1. The zero-order valence-electron chi connectivity index (χ0n) is 15.4. The maximum atomic E-state index is 12.6. The van der Waals surface area contributed by atoms with Crippen LogP contribution < -0.4 is 5.32 Å². The molecule has 3 N–H and O–H groups in total. The number of rotatable bonds is 5. The highest BCUT2D eigenvalue weighted by Gasteiger charge is 2.49. The predicted octanol–water partition coefficient (Wildman–Crippen LogP) is 2.41. The van der Waals surface area contributed by atoms with Crippen molar-refractivity contribution in [3.05, 3.63) is 68.0 Å². The van der Waals surface area contributed by atoms with Crippen LogP contribution in [0.15, 0.2) is 47.8 Å². The predicted molar refractivity (Wildman–Crippen MR) is 114 cm³/mol. The monoisotopic (exact) mass is 521 g/mol. The molecule has 0 radical (unpaired) electrons. The molecule has 1 amide bonds. The fourth-order valence-electron chi connectivity index (χ4n) is 3.40. The number of fused-ring (bicyclic) bond motifs is 1. The number of carbonyl (C=O) groups excluding carboxylic acids is 1. The number of aliphatic hydroxyl groups is 2. The Balaban J connectivity index is 1.70. The van der Waals surface area contributed by atoms with Crippen LogP contribution >= 0.6 is 22.6 Å². The molecule has 2 aromatic heterocycles. The number of carbonyl (C=O) groups is 1. The topological polar surface area (TPSA) is 158 Å². The molecule has 3 atom stereocenters. The lowest BCUT2D eigenvalue weighted by Gasteiger charge is -2.23. The quantitative estimate of drug-likeness (QED) is 0.203. The summed E-state index contributed by atoms with van der Waals surface area (Å²) in [7, 11) is 0. The van der Waals surface area contributed by atoms with Gasteiger partial charge in [0.1, 0.15) is 17.9 Å². The normalized spacial score (nSPS) is 23.3. The Hall–Kier alpha value is -2.77. The number of nitrogens with zero attached hydrogens (tertiary/aromatic N) is 6. The Morgan fingerprint density at radius 3 is 2.93 bits per heavy atom. The number of nitrogens with one attached hydrogen (secondary N) is 1. The van der Waals surface area contributed by atoms with Crippen molar-refractivity contribution < 1.29 is 19.7 Å². The first-order chi connectivity index (χ1) is 14.5.